The smallest absolute Gasteiger partial charge is 0.0745 e. The summed E-state index contributed by atoms with van der Waals surface area (Å²) in [4.78, 5) is 4.65. The lowest BCUT2D eigenvalue weighted by molar-refractivity contribution is 0.127. The molecule has 0 saturated carbocycles. The molecule has 0 aliphatic rings. The van der Waals surface area contributed by atoms with Crippen LogP contribution in [0.5, 0.6) is 0 Å². The van der Waals surface area contributed by atoms with Crippen molar-refractivity contribution in [1.82, 2.24) is 10.2 Å². The molecule has 1 unspecified atom stereocenters. The highest BCUT2D eigenvalue weighted by molar-refractivity contribution is 5.81. The molecule has 1 heterocycles. The van der Waals surface area contributed by atoms with Gasteiger partial charge in [-0.2, -0.15) is 5.10 Å². The molecule has 0 spiro atoms. The Morgan fingerprint density at radius 3 is 3.21 bits per heavy atom. The standard InChI is InChI=1S/C10H13N3O/c1-7(6-14-11)9-4-2-3-8-5-12-13-10(8)9/h2-5,7H,6,11H2,1H3,(H,12,13). The minimum atomic E-state index is 0.268. The Kier molecular flexibility index (Phi) is 2.47. The minimum absolute atomic E-state index is 0.268. The van der Waals surface area contributed by atoms with Crippen molar-refractivity contribution in [2.75, 3.05) is 6.61 Å². The fourth-order valence-corrected chi connectivity index (χ4v) is 1.64. The zero-order valence-corrected chi connectivity index (χ0v) is 8.03. The molecule has 2 aromatic rings. The van der Waals surface area contributed by atoms with E-state index in [0.717, 1.165) is 10.9 Å². The van der Waals surface area contributed by atoms with Gasteiger partial charge >= 0.3 is 0 Å². The van der Waals surface area contributed by atoms with Gasteiger partial charge in [0.05, 0.1) is 18.3 Å². The fourth-order valence-electron chi connectivity index (χ4n) is 1.64. The average molecular weight is 191 g/mol. The molecule has 0 amide bonds. The van der Waals surface area contributed by atoms with Gasteiger partial charge in [0.1, 0.15) is 0 Å². The summed E-state index contributed by atoms with van der Waals surface area (Å²) in [6.07, 6.45) is 1.81. The quantitative estimate of drug-likeness (QED) is 0.723. The SMILES string of the molecule is CC(CON)c1cccc2cn[nH]c12. The highest BCUT2D eigenvalue weighted by Crippen LogP contribution is 2.23. The summed E-state index contributed by atoms with van der Waals surface area (Å²) in [6.45, 7) is 2.58. The number of nitrogens with zero attached hydrogens (tertiary/aromatic N) is 1. The summed E-state index contributed by atoms with van der Waals surface area (Å²) in [5.74, 6) is 5.33. The van der Waals surface area contributed by atoms with Crippen LogP contribution in [0, 0.1) is 0 Å². The molecule has 1 atom stereocenters. The van der Waals surface area contributed by atoms with Gasteiger partial charge in [-0.3, -0.25) is 5.10 Å². The van der Waals surface area contributed by atoms with Gasteiger partial charge in [0.15, 0.2) is 0 Å². The van der Waals surface area contributed by atoms with E-state index in [4.69, 9.17) is 5.90 Å². The normalized spacial score (nSPS) is 13.3. The zero-order chi connectivity index (χ0) is 9.97. The largest absolute Gasteiger partial charge is 0.304 e. The van der Waals surface area contributed by atoms with Gasteiger partial charge in [0.2, 0.25) is 0 Å². The number of aromatic amines is 1. The Labute approximate surface area is 82.0 Å². The maximum Gasteiger partial charge on any atom is 0.0745 e. The highest BCUT2D eigenvalue weighted by Gasteiger charge is 2.09. The van der Waals surface area contributed by atoms with E-state index in [2.05, 4.69) is 28.0 Å². The monoisotopic (exact) mass is 191 g/mol. The summed E-state index contributed by atoms with van der Waals surface area (Å²) in [6, 6.07) is 6.10. The highest BCUT2D eigenvalue weighted by atomic mass is 16.6. The molecular formula is C10H13N3O. The van der Waals surface area contributed by atoms with Crippen LogP contribution >= 0.6 is 0 Å². The van der Waals surface area contributed by atoms with E-state index in [1.807, 2.05) is 18.3 Å². The number of hydrogen-bond donors (Lipinski definition) is 2. The van der Waals surface area contributed by atoms with Gasteiger partial charge in [0.25, 0.3) is 0 Å². The maximum atomic E-state index is 5.06. The topological polar surface area (TPSA) is 63.9 Å². The van der Waals surface area contributed by atoms with Gasteiger partial charge in [-0.25, -0.2) is 5.90 Å². The van der Waals surface area contributed by atoms with Crippen LogP contribution in [0.3, 0.4) is 0 Å². The van der Waals surface area contributed by atoms with Crippen molar-refractivity contribution in [2.24, 2.45) is 5.90 Å². The van der Waals surface area contributed by atoms with Crippen molar-refractivity contribution >= 4 is 10.9 Å². The molecule has 1 aromatic carbocycles. The fraction of sp³-hybridized carbons (Fsp3) is 0.300. The summed E-state index contributed by atoms with van der Waals surface area (Å²) in [7, 11) is 0. The van der Waals surface area contributed by atoms with Gasteiger partial charge in [-0.15, -0.1) is 0 Å². The molecule has 2 rings (SSSR count). The Morgan fingerprint density at radius 1 is 1.57 bits per heavy atom. The van der Waals surface area contributed by atoms with Crippen molar-refractivity contribution in [1.29, 1.82) is 0 Å². The number of aromatic nitrogens is 2. The van der Waals surface area contributed by atoms with Crippen molar-refractivity contribution in [3.05, 3.63) is 30.0 Å². The number of nitrogens with one attached hydrogen (secondary N) is 1. The third kappa shape index (κ3) is 1.49. The summed E-state index contributed by atoms with van der Waals surface area (Å²) in [5.41, 5.74) is 2.25. The Bertz CT molecular complexity index is 424. The molecule has 0 aliphatic carbocycles. The van der Waals surface area contributed by atoms with Crippen LogP contribution in [0.1, 0.15) is 18.4 Å². The second kappa shape index (κ2) is 3.77. The molecule has 14 heavy (non-hydrogen) atoms. The van der Waals surface area contributed by atoms with Crippen LogP contribution in [0.25, 0.3) is 10.9 Å². The van der Waals surface area contributed by atoms with Crippen LogP contribution in [0.2, 0.25) is 0 Å². The van der Waals surface area contributed by atoms with E-state index in [9.17, 15) is 0 Å². The van der Waals surface area contributed by atoms with E-state index in [-0.39, 0.29) is 5.92 Å². The zero-order valence-electron chi connectivity index (χ0n) is 8.03. The van der Waals surface area contributed by atoms with E-state index < -0.39 is 0 Å². The number of rotatable bonds is 3. The van der Waals surface area contributed by atoms with Crippen LogP contribution in [0.4, 0.5) is 0 Å². The lowest BCUT2D eigenvalue weighted by Crippen LogP contribution is -2.08. The molecule has 0 aliphatic heterocycles. The van der Waals surface area contributed by atoms with Gasteiger partial charge in [-0.05, 0) is 5.56 Å². The summed E-state index contributed by atoms with van der Waals surface area (Å²) < 4.78 is 0. The lowest BCUT2D eigenvalue weighted by atomic mass is 10.00. The molecular weight excluding hydrogens is 178 g/mol. The summed E-state index contributed by atoms with van der Waals surface area (Å²) in [5, 5.41) is 8.11. The number of H-pyrrole nitrogens is 1. The van der Waals surface area contributed by atoms with Gasteiger partial charge in [-0.1, -0.05) is 25.1 Å². The second-order valence-corrected chi connectivity index (χ2v) is 3.42. The van der Waals surface area contributed by atoms with Crippen molar-refractivity contribution < 1.29 is 4.84 Å². The van der Waals surface area contributed by atoms with Crippen LogP contribution in [0.15, 0.2) is 24.4 Å². The summed E-state index contributed by atoms with van der Waals surface area (Å²) >= 11 is 0. The van der Waals surface area contributed by atoms with Gasteiger partial charge in [0, 0.05) is 11.3 Å². The van der Waals surface area contributed by atoms with E-state index in [1.54, 1.807) is 0 Å². The molecule has 74 valence electrons. The lowest BCUT2D eigenvalue weighted by Gasteiger charge is -2.10. The van der Waals surface area contributed by atoms with Crippen LogP contribution < -0.4 is 5.90 Å². The van der Waals surface area contributed by atoms with Crippen molar-refractivity contribution in [2.45, 2.75) is 12.8 Å². The van der Waals surface area contributed by atoms with Crippen LogP contribution in [-0.2, 0) is 4.84 Å². The van der Waals surface area contributed by atoms with Crippen molar-refractivity contribution in [3.8, 4) is 0 Å². The third-order valence-electron chi connectivity index (χ3n) is 2.39. The molecule has 0 saturated heterocycles. The van der Waals surface area contributed by atoms with Crippen molar-refractivity contribution in [3.63, 3.8) is 0 Å². The predicted octanol–water partition coefficient (Wildman–Crippen LogP) is 1.56. The Morgan fingerprint density at radius 2 is 2.43 bits per heavy atom. The number of fused-ring (bicyclic) bond motifs is 1. The first-order chi connectivity index (χ1) is 6.83. The second-order valence-electron chi connectivity index (χ2n) is 3.42. The minimum Gasteiger partial charge on any atom is -0.304 e. The molecule has 0 fully saturated rings. The van der Waals surface area contributed by atoms with E-state index in [0.29, 0.717) is 6.61 Å². The van der Waals surface area contributed by atoms with Gasteiger partial charge < -0.3 is 4.84 Å². The molecule has 0 bridgehead atoms. The first kappa shape index (κ1) is 9.18. The number of para-hydroxylation sites is 1. The third-order valence-corrected chi connectivity index (χ3v) is 2.39. The maximum absolute atomic E-state index is 5.06. The first-order valence-corrected chi connectivity index (χ1v) is 4.56. The van der Waals surface area contributed by atoms with E-state index in [1.165, 1.54) is 5.56 Å². The predicted molar refractivity (Wildman–Crippen MR) is 54.6 cm³/mol. The molecule has 1 aromatic heterocycles. The molecule has 4 heteroatoms. The van der Waals surface area contributed by atoms with Crippen LogP contribution in [-0.4, -0.2) is 16.8 Å². The molecule has 0 radical (unpaired) electrons. The van der Waals surface area contributed by atoms with E-state index >= 15 is 0 Å². The number of nitrogens with two attached hydrogens (primary N) is 1. The number of hydrogen-bond acceptors (Lipinski definition) is 3. The number of benzene rings is 1. The Balaban J connectivity index is 2.45. The molecule has 3 N–H and O–H groups in total. The Hall–Kier alpha value is -1.39. The first-order valence-electron chi connectivity index (χ1n) is 4.56. The average Bonchev–Trinajstić information content (AvgIpc) is 2.65. The molecule has 4 nitrogen and oxygen atoms in total.